The quantitative estimate of drug-likeness (QED) is 0.254. The van der Waals surface area contributed by atoms with Crippen LogP contribution in [0.4, 0.5) is 4.79 Å². The molecule has 1 heterocycles. The van der Waals surface area contributed by atoms with Gasteiger partial charge in [-0.1, -0.05) is 61.7 Å². The third kappa shape index (κ3) is 6.91. The number of aromatic nitrogens is 1. The first-order chi connectivity index (χ1) is 18.5. The van der Waals surface area contributed by atoms with Crippen LogP contribution in [0.25, 0.3) is 5.69 Å². The standard InChI is InChI=1S/C31H38N4O3/c1-4-38-31(37)33-29(26-13-9-6-10-14-26)20-30(36)34-32-21-27-19-22(2)35(23(27)3)28-17-15-25(16-18-28)24-11-7-5-8-12-24/h6,9-10,13-19,21,24,29H,4-5,7-8,11-12,20H2,1-3H3,(H,33,37)(H,34,36)/b32-21-/t29-/m1/s1. The molecule has 0 bridgehead atoms. The zero-order chi connectivity index (χ0) is 26.9. The summed E-state index contributed by atoms with van der Waals surface area (Å²) in [5.41, 5.74) is 9.07. The molecule has 3 aromatic rings. The van der Waals surface area contributed by atoms with Crippen LogP contribution in [0.5, 0.6) is 0 Å². The molecule has 0 unspecified atom stereocenters. The monoisotopic (exact) mass is 514 g/mol. The number of nitrogens with one attached hydrogen (secondary N) is 2. The summed E-state index contributed by atoms with van der Waals surface area (Å²) in [5.74, 6) is 0.379. The molecule has 1 fully saturated rings. The summed E-state index contributed by atoms with van der Waals surface area (Å²) in [5, 5.41) is 6.96. The Hall–Kier alpha value is -3.87. The van der Waals surface area contributed by atoms with Gasteiger partial charge < -0.3 is 14.6 Å². The maximum absolute atomic E-state index is 12.7. The fourth-order valence-electron chi connectivity index (χ4n) is 5.30. The molecule has 2 amide bonds. The number of carbonyl (C=O) groups is 2. The number of alkyl carbamates (subject to hydrolysis) is 1. The van der Waals surface area contributed by atoms with E-state index in [1.165, 1.54) is 37.7 Å². The number of rotatable bonds is 9. The largest absolute Gasteiger partial charge is 0.450 e. The second-order valence-corrected chi connectivity index (χ2v) is 9.91. The summed E-state index contributed by atoms with van der Waals surface area (Å²) < 4.78 is 7.21. The summed E-state index contributed by atoms with van der Waals surface area (Å²) in [6.45, 7) is 6.12. The van der Waals surface area contributed by atoms with E-state index >= 15 is 0 Å². The van der Waals surface area contributed by atoms with Crippen molar-refractivity contribution < 1.29 is 14.3 Å². The lowest BCUT2D eigenvalue weighted by atomic mass is 9.84. The van der Waals surface area contributed by atoms with E-state index in [0.717, 1.165) is 28.2 Å². The maximum atomic E-state index is 12.7. The Morgan fingerprint density at radius 1 is 1.05 bits per heavy atom. The molecular weight excluding hydrogens is 476 g/mol. The van der Waals surface area contributed by atoms with E-state index in [0.29, 0.717) is 5.92 Å². The normalized spacial score (nSPS) is 14.8. The van der Waals surface area contributed by atoms with Crippen LogP contribution < -0.4 is 10.7 Å². The number of hydrogen-bond acceptors (Lipinski definition) is 4. The molecular formula is C31H38N4O3. The summed E-state index contributed by atoms with van der Waals surface area (Å²) in [7, 11) is 0. The van der Waals surface area contributed by atoms with Crippen molar-refractivity contribution in [3.05, 3.63) is 88.7 Å². The molecule has 1 aliphatic carbocycles. The van der Waals surface area contributed by atoms with Crippen molar-refractivity contribution in [2.24, 2.45) is 5.10 Å². The third-order valence-corrected chi connectivity index (χ3v) is 7.25. The van der Waals surface area contributed by atoms with Crippen LogP contribution in [-0.4, -0.2) is 29.4 Å². The molecule has 1 saturated carbocycles. The zero-order valence-electron chi connectivity index (χ0n) is 22.6. The Morgan fingerprint density at radius 3 is 2.45 bits per heavy atom. The van der Waals surface area contributed by atoms with Crippen LogP contribution in [0.3, 0.4) is 0 Å². The molecule has 0 radical (unpaired) electrons. The Bertz CT molecular complexity index is 1240. The lowest BCUT2D eigenvalue weighted by Gasteiger charge is -2.22. The van der Waals surface area contributed by atoms with Gasteiger partial charge in [0.05, 0.1) is 25.3 Å². The van der Waals surface area contributed by atoms with Crippen molar-refractivity contribution >= 4 is 18.2 Å². The predicted molar refractivity (Wildman–Crippen MR) is 151 cm³/mol. The number of hydrazone groups is 1. The van der Waals surface area contributed by atoms with Crippen molar-refractivity contribution in [3.8, 4) is 5.69 Å². The molecule has 0 spiro atoms. The highest BCUT2D eigenvalue weighted by molar-refractivity contribution is 5.84. The number of ether oxygens (including phenoxy) is 1. The SMILES string of the molecule is CCOC(=O)N[C@H](CC(=O)N/N=C\c1cc(C)n(-c2ccc(C3CCCCC3)cc2)c1C)c1ccccc1. The number of nitrogens with zero attached hydrogens (tertiary/aromatic N) is 2. The number of aryl methyl sites for hydroxylation is 1. The number of carbonyl (C=O) groups excluding carboxylic acids is 2. The van der Waals surface area contributed by atoms with E-state index in [9.17, 15) is 9.59 Å². The van der Waals surface area contributed by atoms with Gasteiger partial charge in [0, 0.05) is 22.6 Å². The molecule has 0 aliphatic heterocycles. The van der Waals surface area contributed by atoms with Crippen LogP contribution >= 0.6 is 0 Å². The minimum Gasteiger partial charge on any atom is -0.450 e. The molecule has 0 saturated heterocycles. The number of amides is 2. The first-order valence-electron chi connectivity index (χ1n) is 13.6. The molecule has 1 atom stereocenters. The van der Waals surface area contributed by atoms with Gasteiger partial charge in [-0.3, -0.25) is 4.79 Å². The molecule has 2 N–H and O–H groups in total. The van der Waals surface area contributed by atoms with Gasteiger partial charge in [0.1, 0.15) is 0 Å². The first kappa shape index (κ1) is 27.2. The van der Waals surface area contributed by atoms with Crippen molar-refractivity contribution in [3.63, 3.8) is 0 Å². The highest BCUT2D eigenvalue weighted by atomic mass is 16.5. The fourth-order valence-corrected chi connectivity index (χ4v) is 5.30. The predicted octanol–water partition coefficient (Wildman–Crippen LogP) is 6.47. The minimum atomic E-state index is -0.558. The first-order valence-corrected chi connectivity index (χ1v) is 13.6. The van der Waals surface area contributed by atoms with Crippen LogP contribution in [0, 0.1) is 13.8 Å². The Balaban J connectivity index is 1.40. The summed E-state index contributed by atoms with van der Waals surface area (Å²) in [6.07, 6.45) is 7.75. The van der Waals surface area contributed by atoms with Crippen LogP contribution in [0.2, 0.25) is 0 Å². The van der Waals surface area contributed by atoms with Gasteiger partial charge in [-0.15, -0.1) is 0 Å². The van der Waals surface area contributed by atoms with Crippen molar-refractivity contribution in [2.75, 3.05) is 6.61 Å². The third-order valence-electron chi connectivity index (χ3n) is 7.25. The second kappa shape index (κ2) is 13.1. The molecule has 38 heavy (non-hydrogen) atoms. The van der Waals surface area contributed by atoms with E-state index < -0.39 is 12.1 Å². The topological polar surface area (TPSA) is 84.7 Å². The van der Waals surface area contributed by atoms with E-state index in [2.05, 4.69) is 64.6 Å². The lowest BCUT2D eigenvalue weighted by molar-refractivity contribution is -0.121. The zero-order valence-corrected chi connectivity index (χ0v) is 22.6. The minimum absolute atomic E-state index is 0.0343. The van der Waals surface area contributed by atoms with Crippen LogP contribution in [0.15, 0.2) is 65.8 Å². The Morgan fingerprint density at radius 2 is 1.76 bits per heavy atom. The molecule has 7 heteroatoms. The van der Waals surface area contributed by atoms with Gasteiger partial charge in [0.2, 0.25) is 5.91 Å². The smallest absolute Gasteiger partial charge is 0.407 e. The summed E-state index contributed by atoms with van der Waals surface area (Å²) in [6, 6.07) is 19.8. The van der Waals surface area contributed by atoms with Gasteiger partial charge >= 0.3 is 6.09 Å². The number of benzene rings is 2. The molecule has 1 aromatic heterocycles. The van der Waals surface area contributed by atoms with E-state index in [1.807, 2.05) is 30.3 Å². The molecule has 1 aliphatic rings. The highest BCUT2D eigenvalue weighted by Crippen LogP contribution is 2.33. The second-order valence-electron chi connectivity index (χ2n) is 9.91. The summed E-state index contributed by atoms with van der Waals surface area (Å²) in [4.78, 5) is 24.7. The number of hydrogen-bond donors (Lipinski definition) is 2. The van der Waals surface area contributed by atoms with Gasteiger partial charge in [-0.25, -0.2) is 10.2 Å². The van der Waals surface area contributed by atoms with E-state index in [1.54, 1.807) is 13.1 Å². The fraction of sp³-hybridized carbons (Fsp3) is 0.387. The van der Waals surface area contributed by atoms with Gasteiger partial charge in [0.25, 0.3) is 0 Å². The lowest BCUT2D eigenvalue weighted by Crippen LogP contribution is -2.33. The van der Waals surface area contributed by atoms with Crippen LogP contribution in [-0.2, 0) is 9.53 Å². The molecule has 7 nitrogen and oxygen atoms in total. The van der Waals surface area contributed by atoms with Crippen molar-refractivity contribution in [1.29, 1.82) is 0 Å². The van der Waals surface area contributed by atoms with Gasteiger partial charge in [0.15, 0.2) is 0 Å². The van der Waals surface area contributed by atoms with E-state index in [-0.39, 0.29) is 18.9 Å². The van der Waals surface area contributed by atoms with Gasteiger partial charge in [-0.2, -0.15) is 5.10 Å². The summed E-state index contributed by atoms with van der Waals surface area (Å²) >= 11 is 0. The average Bonchev–Trinajstić information content (AvgIpc) is 3.22. The van der Waals surface area contributed by atoms with Crippen molar-refractivity contribution in [1.82, 2.24) is 15.3 Å². The maximum Gasteiger partial charge on any atom is 0.407 e. The van der Waals surface area contributed by atoms with E-state index in [4.69, 9.17) is 4.74 Å². The van der Waals surface area contributed by atoms with Crippen molar-refractivity contribution in [2.45, 2.75) is 71.3 Å². The molecule has 200 valence electrons. The Kier molecular flexibility index (Phi) is 9.35. The van der Waals surface area contributed by atoms with Gasteiger partial charge in [-0.05, 0) is 68.9 Å². The highest BCUT2D eigenvalue weighted by Gasteiger charge is 2.19. The Labute approximate surface area is 225 Å². The average molecular weight is 515 g/mol. The molecule has 4 rings (SSSR count). The van der Waals surface area contributed by atoms with Crippen LogP contribution in [0.1, 0.15) is 85.5 Å². The molecule has 2 aromatic carbocycles.